The molecule has 0 amide bonds. The molecule has 0 bridgehead atoms. The third kappa shape index (κ3) is 2.88. The SMILES string of the molecule is CC1(C)CCC2[C@]3(C)CO[C@@H](C4CCCC4)O[C@@H]3CC[C@@]2(C)[C@@H]1CCO. The zero-order valence-corrected chi connectivity index (χ0v) is 17.4. The first-order chi connectivity index (χ1) is 12.3. The Labute approximate surface area is 160 Å². The second-order valence-corrected chi connectivity index (χ2v) is 11.0. The molecule has 0 aromatic rings. The number of rotatable bonds is 3. The molecule has 0 aromatic carbocycles. The summed E-state index contributed by atoms with van der Waals surface area (Å²) in [5, 5.41) is 9.76. The van der Waals surface area contributed by atoms with Crippen LogP contribution in [0.1, 0.15) is 85.5 Å². The summed E-state index contributed by atoms with van der Waals surface area (Å²) in [5.41, 5.74) is 0.745. The van der Waals surface area contributed by atoms with Crippen LogP contribution in [0.15, 0.2) is 0 Å². The van der Waals surface area contributed by atoms with Crippen molar-refractivity contribution in [2.75, 3.05) is 13.2 Å². The van der Waals surface area contributed by atoms with E-state index in [1.807, 2.05) is 0 Å². The van der Waals surface area contributed by atoms with Gasteiger partial charge in [0.1, 0.15) is 0 Å². The van der Waals surface area contributed by atoms with Gasteiger partial charge in [-0.05, 0) is 67.6 Å². The molecule has 3 nitrogen and oxygen atoms in total. The molecule has 3 aliphatic carbocycles. The Kier molecular flexibility index (Phi) is 4.98. The number of hydrogen-bond acceptors (Lipinski definition) is 3. The van der Waals surface area contributed by atoms with E-state index in [2.05, 4.69) is 27.7 Å². The van der Waals surface area contributed by atoms with E-state index in [4.69, 9.17) is 9.47 Å². The van der Waals surface area contributed by atoms with Crippen molar-refractivity contribution in [3.63, 3.8) is 0 Å². The van der Waals surface area contributed by atoms with E-state index in [1.165, 1.54) is 44.9 Å². The van der Waals surface area contributed by atoms with Crippen molar-refractivity contribution < 1.29 is 14.6 Å². The number of aliphatic hydroxyl groups excluding tert-OH is 1. The van der Waals surface area contributed by atoms with Crippen molar-refractivity contribution in [2.24, 2.45) is 34.0 Å². The van der Waals surface area contributed by atoms with E-state index in [1.54, 1.807) is 0 Å². The van der Waals surface area contributed by atoms with E-state index < -0.39 is 0 Å². The maximum atomic E-state index is 9.76. The van der Waals surface area contributed by atoms with Gasteiger partial charge >= 0.3 is 0 Å². The van der Waals surface area contributed by atoms with E-state index in [-0.39, 0.29) is 11.7 Å². The van der Waals surface area contributed by atoms with Crippen molar-refractivity contribution in [3.05, 3.63) is 0 Å². The van der Waals surface area contributed by atoms with Crippen LogP contribution in [-0.4, -0.2) is 30.7 Å². The van der Waals surface area contributed by atoms with Crippen LogP contribution >= 0.6 is 0 Å². The van der Waals surface area contributed by atoms with E-state index in [0.717, 1.165) is 19.4 Å². The van der Waals surface area contributed by atoms with Gasteiger partial charge in [-0.2, -0.15) is 0 Å². The Hall–Kier alpha value is -0.120. The molecule has 0 radical (unpaired) electrons. The van der Waals surface area contributed by atoms with Crippen LogP contribution < -0.4 is 0 Å². The second kappa shape index (κ2) is 6.74. The van der Waals surface area contributed by atoms with Crippen LogP contribution in [0.5, 0.6) is 0 Å². The molecule has 4 fully saturated rings. The van der Waals surface area contributed by atoms with E-state index in [9.17, 15) is 5.11 Å². The number of aliphatic hydroxyl groups is 1. The van der Waals surface area contributed by atoms with Crippen LogP contribution in [0.4, 0.5) is 0 Å². The molecular weight excluding hydrogens is 324 g/mol. The maximum absolute atomic E-state index is 9.76. The zero-order chi connectivity index (χ0) is 18.6. The Balaban J connectivity index is 1.57. The highest BCUT2D eigenvalue weighted by atomic mass is 16.7. The lowest BCUT2D eigenvalue weighted by Gasteiger charge is -2.65. The normalized spacial score (nSPS) is 48.8. The largest absolute Gasteiger partial charge is 0.396 e. The molecule has 0 aromatic heterocycles. The summed E-state index contributed by atoms with van der Waals surface area (Å²) in [6, 6.07) is 0. The van der Waals surface area contributed by atoms with Crippen molar-refractivity contribution in [1.29, 1.82) is 0 Å². The fourth-order valence-corrected chi connectivity index (χ4v) is 7.79. The summed E-state index contributed by atoms with van der Waals surface area (Å²) in [5.74, 6) is 1.85. The summed E-state index contributed by atoms with van der Waals surface area (Å²) in [7, 11) is 0. The molecule has 1 heterocycles. The molecule has 1 aliphatic heterocycles. The average molecular weight is 365 g/mol. The molecule has 0 spiro atoms. The molecule has 1 N–H and O–H groups in total. The second-order valence-electron chi connectivity index (χ2n) is 11.0. The third-order valence-corrected chi connectivity index (χ3v) is 9.15. The number of fused-ring (bicyclic) bond motifs is 3. The first kappa shape index (κ1) is 19.2. The van der Waals surface area contributed by atoms with Crippen LogP contribution in [0.2, 0.25) is 0 Å². The third-order valence-electron chi connectivity index (χ3n) is 9.15. The Morgan fingerprint density at radius 2 is 1.65 bits per heavy atom. The molecule has 3 heteroatoms. The minimum atomic E-state index is 0.0493. The lowest BCUT2D eigenvalue weighted by atomic mass is 9.42. The van der Waals surface area contributed by atoms with Crippen molar-refractivity contribution in [3.8, 4) is 0 Å². The highest BCUT2D eigenvalue weighted by molar-refractivity contribution is 5.10. The van der Waals surface area contributed by atoms with Gasteiger partial charge in [0.15, 0.2) is 6.29 Å². The molecule has 1 saturated heterocycles. The molecule has 1 unspecified atom stereocenters. The minimum Gasteiger partial charge on any atom is -0.396 e. The predicted octanol–water partition coefficient (Wildman–Crippen LogP) is 5.16. The average Bonchev–Trinajstić information content (AvgIpc) is 3.12. The summed E-state index contributed by atoms with van der Waals surface area (Å²) >= 11 is 0. The van der Waals surface area contributed by atoms with Gasteiger partial charge in [0.25, 0.3) is 0 Å². The highest BCUT2D eigenvalue weighted by Crippen LogP contribution is 2.66. The van der Waals surface area contributed by atoms with Crippen LogP contribution in [-0.2, 0) is 9.47 Å². The van der Waals surface area contributed by atoms with Gasteiger partial charge in [0.2, 0.25) is 0 Å². The van der Waals surface area contributed by atoms with Crippen LogP contribution in [0.3, 0.4) is 0 Å². The van der Waals surface area contributed by atoms with Gasteiger partial charge in [-0.15, -0.1) is 0 Å². The van der Waals surface area contributed by atoms with Crippen molar-refractivity contribution in [2.45, 2.75) is 97.9 Å². The molecule has 4 rings (SSSR count). The summed E-state index contributed by atoms with van der Waals surface area (Å²) in [4.78, 5) is 0. The van der Waals surface area contributed by atoms with Gasteiger partial charge in [-0.1, -0.05) is 40.5 Å². The first-order valence-electron chi connectivity index (χ1n) is 11.2. The minimum absolute atomic E-state index is 0.0493. The quantitative estimate of drug-likeness (QED) is 0.752. The smallest absolute Gasteiger partial charge is 0.160 e. The molecule has 150 valence electrons. The fourth-order valence-electron chi connectivity index (χ4n) is 7.79. The van der Waals surface area contributed by atoms with E-state index in [0.29, 0.717) is 41.3 Å². The lowest BCUT2D eigenvalue weighted by molar-refractivity contribution is -0.322. The molecule has 6 atom stereocenters. The van der Waals surface area contributed by atoms with Gasteiger partial charge in [-0.25, -0.2) is 0 Å². The van der Waals surface area contributed by atoms with Gasteiger partial charge in [0, 0.05) is 17.9 Å². The highest BCUT2D eigenvalue weighted by Gasteiger charge is 2.62. The number of ether oxygens (including phenoxy) is 2. The Morgan fingerprint density at radius 3 is 2.35 bits per heavy atom. The maximum Gasteiger partial charge on any atom is 0.160 e. The first-order valence-corrected chi connectivity index (χ1v) is 11.2. The molecule has 3 saturated carbocycles. The lowest BCUT2D eigenvalue weighted by Crippen LogP contribution is -2.63. The molecule has 26 heavy (non-hydrogen) atoms. The topological polar surface area (TPSA) is 38.7 Å². The van der Waals surface area contributed by atoms with Crippen molar-refractivity contribution >= 4 is 0 Å². The van der Waals surface area contributed by atoms with Crippen molar-refractivity contribution in [1.82, 2.24) is 0 Å². The number of hydrogen-bond donors (Lipinski definition) is 1. The van der Waals surface area contributed by atoms with Crippen LogP contribution in [0, 0.1) is 34.0 Å². The monoisotopic (exact) mass is 364 g/mol. The van der Waals surface area contributed by atoms with Gasteiger partial charge < -0.3 is 14.6 Å². The molecular formula is C23H40O3. The Morgan fingerprint density at radius 1 is 0.923 bits per heavy atom. The van der Waals surface area contributed by atoms with Gasteiger partial charge in [0.05, 0.1) is 12.7 Å². The molecule has 4 aliphatic rings. The van der Waals surface area contributed by atoms with Crippen LogP contribution in [0.25, 0.3) is 0 Å². The zero-order valence-electron chi connectivity index (χ0n) is 17.4. The van der Waals surface area contributed by atoms with Gasteiger partial charge in [-0.3, -0.25) is 0 Å². The summed E-state index contributed by atoms with van der Waals surface area (Å²) in [6.07, 6.45) is 11.5. The standard InChI is InChI=1S/C23H40O3/c1-21(2)12-9-18-22(3,17(21)11-14-24)13-10-19-23(18,4)15-25-20(26-19)16-7-5-6-8-16/h16-20,24H,5-15H2,1-4H3/t17-,18?,19-,20-,22+,23+/m1/s1. The van der Waals surface area contributed by atoms with E-state index >= 15 is 0 Å². The Bertz CT molecular complexity index is 512. The fraction of sp³-hybridized carbons (Fsp3) is 1.00. The summed E-state index contributed by atoms with van der Waals surface area (Å²) in [6.45, 7) is 11.0. The summed E-state index contributed by atoms with van der Waals surface area (Å²) < 4.78 is 13.1. The predicted molar refractivity (Wildman–Crippen MR) is 104 cm³/mol.